The summed E-state index contributed by atoms with van der Waals surface area (Å²) in [5.41, 5.74) is 5.37. The number of phenolic OH excluding ortho intramolecular Hbond substituents is 1. The van der Waals surface area contributed by atoms with Crippen molar-refractivity contribution in [2.45, 2.75) is 38.4 Å². The second-order valence-corrected chi connectivity index (χ2v) is 13.3. The molecule has 0 unspecified atom stereocenters. The topological polar surface area (TPSA) is 88.3 Å². The van der Waals surface area contributed by atoms with Gasteiger partial charge in [0.1, 0.15) is 11.6 Å². The highest BCUT2D eigenvalue weighted by Crippen LogP contribution is 2.53. The number of nitrogens with zero attached hydrogens (tertiary/aromatic N) is 4. The first-order chi connectivity index (χ1) is 19.7. The first-order valence-corrected chi connectivity index (χ1v) is 15.5. The van der Waals surface area contributed by atoms with Crippen molar-refractivity contribution in [3.63, 3.8) is 0 Å². The molecule has 41 heavy (non-hydrogen) atoms. The Bertz CT molecular complexity index is 1690. The fourth-order valence-electron chi connectivity index (χ4n) is 6.36. The quantitative estimate of drug-likeness (QED) is 0.285. The lowest BCUT2D eigenvalue weighted by molar-refractivity contribution is 0.221. The standard InChI is InChI=1S/C32H33FN4O3S/c1-32-18-25-20-35-37(29-12-10-28(33)11-13-29)30(25)17-26(32)8-9-27(32)21-36(16-14-24-6-2-3-7-31(24)38)41(39,40)22-23-5-4-15-34-19-23/h2-7,10-13,15,17,19-20,27,38H,8-9,14,16,18,21-22H2,1H3/t27-,32+/m1/s1. The van der Waals surface area contributed by atoms with Crippen LogP contribution in [-0.2, 0) is 28.6 Å². The number of halogens is 1. The lowest BCUT2D eigenvalue weighted by Crippen LogP contribution is -2.42. The van der Waals surface area contributed by atoms with Crippen LogP contribution in [0.1, 0.15) is 42.1 Å². The van der Waals surface area contributed by atoms with E-state index in [2.05, 4.69) is 23.1 Å². The van der Waals surface area contributed by atoms with Crippen LogP contribution in [-0.4, -0.2) is 45.7 Å². The minimum Gasteiger partial charge on any atom is -0.508 e. The largest absolute Gasteiger partial charge is 0.508 e. The second-order valence-electron chi connectivity index (χ2n) is 11.3. The number of hydrogen-bond donors (Lipinski definition) is 1. The molecule has 0 aliphatic heterocycles. The average molecular weight is 573 g/mol. The average Bonchev–Trinajstić information content (AvgIpc) is 3.50. The second kappa shape index (κ2) is 10.9. The Morgan fingerprint density at radius 3 is 2.66 bits per heavy atom. The van der Waals surface area contributed by atoms with Gasteiger partial charge in [-0.15, -0.1) is 0 Å². The van der Waals surface area contributed by atoms with Crippen molar-refractivity contribution in [3.05, 3.63) is 113 Å². The summed E-state index contributed by atoms with van der Waals surface area (Å²) in [5, 5.41) is 14.9. The molecule has 2 aromatic heterocycles. The first-order valence-electron chi connectivity index (χ1n) is 13.9. The van der Waals surface area contributed by atoms with E-state index in [1.807, 2.05) is 23.0 Å². The number of sulfonamides is 1. The van der Waals surface area contributed by atoms with Crippen LogP contribution in [0, 0.1) is 17.2 Å². The van der Waals surface area contributed by atoms with Crippen molar-refractivity contribution < 1.29 is 17.9 Å². The molecule has 9 heteroatoms. The van der Waals surface area contributed by atoms with Gasteiger partial charge in [-0.2, -0.15) is 5.10 Å². The number of phenols is 1. The van der Waals surface area contributed by atoms with Gasteiger partial charge in [-0.25, -0.2) is 21.8 Å². The molecule has 2 aromatic carbocycles. The lowest BCUT2D eigenvalue weighted by atomic mass is 9.70. The molecule has 0 radical (unpaired) electrons. The number of fused-ring (bicyclic) bond motifs is 2. The number of benzene rings is 2. The van der Waals surface area contributed by atoms with Crippen LogP contribution in [0.3, 0.4) is 0 Å². The molecule has 0 saturated heterocycles. The van der Waals surface area contributed by atoms with Gasteiger partial charge >= 0.3 is 0 Å². The molecule has 1 N–H and O–H groups in total. The third-order valence-electron chi connectivity index (χ3n) is 8.73. The Balaban J connectivity index is 1.27. The third-order valence-corrected chi connectivity index (χ3v) is 10.6. The van der Waals surface area contributed by atoms with Crippen LogP contribution >= 0.6 is 0 Å². The number of rotatable bonds is 9. The number of hydrogen-bond acceptors (Lipinski definition) is 5. The predicted octanol–water partition coefficient (Wildman–Crippen LogP) is 5.54. The van der Waals surface area contributed by atoms with Gasteiger partial charge in [-0.05, 0) is 96.2 Å². The minimum absolute atomic E-state index is 0.115. The predicted molar refractivity (Wildman–Crippen MR) is 156 cm³/mol. The molecule has 212 valence electrons. The van der Waals surface area contributed by atoms with Crippen LogP contribution < -0.4 is 0 Å². The van der Waals surface area contributed by atoms with Crippen LogP contribution in [0.5, 0.6) is 5.75 Å². The molecule has 0 amide bonds. The van der Waals surface area contributed by atoms with Crippen molar-refractivity contribution in [2.75, 3.05) is 13.1 Å². The zero-order chi connectivity index (χ0) is 28.6. The van der Waals surface area contributed by atoms with Crippen LogP contribution in [0.25, 0.3) is 11.8 Å². The van der Waals surface area contributed by atoms with Gasteiger partial charge in [0, 0.05) is 25.5 Å². The summed E-state index contributed by atoms with van der Waals surface area (Å²) >= 11 is 0. The monoisotopic (exact) mass is 572 g/mol. The van der Waals surface area contributed by atoms with Crippen LogP contribution in [0.4, 0.5) is 4.39 Å². The molecule has 7 nitrogen and oxygen atoms in total. The van der Waals surface area contributed by atoms with E-state index >= 15 is 0 Å². The first kappa shape index (κ1) is 27.4. The highest BCUT2D eigenvalue weighted by atomic mass is 32.2. The maximum absolute atomic E-state index is 13.8. The number of allylic oxidation sites excluding steroid dienone is 1. The Hall–Kier alpha value is -3.82. The molecule has 2 heterocycles. The molecule has 1 saturated carbocycles. The van der Waals surface area contributed by atoms with Gasteiger partial charge in [0.15, 0.2) is 0 Å². The van der Waals surface area contributed by atoms with Crippen molar-refractivity contribution in [3.8, 4) is 11.4 Å². The van der Waals surface area contributed by atoms with Gasteiger partial charge in [0.05, 0.1) is 23.3 Å². The molecular weight excluding hydrogens is 539 g/mol. The fourth-order valence-corrected chi connectivity index (χ4v) is 7.91. The summed E-state index contributed by atoms with van der Waals surface area (Å²) in [4.78, 5) is 4.10. The summed E-state index contributed by atoms with van der Waals surface area (Å²) in [6.07, 6.45) is 10.2. The van der Waals surface area contributed by atoms with E-state index in [0.29, 0.717) is 18.5 Å². The Kier molecular flexibility index (Phi) is 7.25. The summed E-state index contributed by atoms with van der Waals surface area (Å²) in [5.74, 6) is -0.121. The van der Waals surface area contributed by atoms with Gasteiger partial charge in [0.25, 0.3) is 0 Å². The fraction of sp³-hybridized carbons (Fsp3) is 0.312. The van der Waals surface area contributed by atoms with E-state index in [4.69, 9.17) is 0 Å². The van der Waals surface area contributed by atoms with E-state index in [0.717, 1.165) is 41.8 Å². The van der Waals surface area contributed by atoms with Gasteiger partial charge in [0.2, 0.25) is 10.0 Å². The van der Waals surface area contributed by atoms with E-state index in [-0.39, 0.29) is 35.2 Å². The molecule has 0 bridgehead atoms. The molecule has 1 fully saturated rings. The zero-order valence-corrected chi connectivity index (χ0v) is 23.8. The zero-order valence-electron chi connectivity index (χ0n) is 22.9. The van der Waals surface area contributed by atoms with Gasteiger partial charge in [-0.3, -0.25) is 4.98 Å². The summed E-state index contributed by atoms with van der Waals surface area (Å²) < 4.78 is 44.6. The summed E-state index contributed by atoms with van der Waals surface area (Å²) in [7, 11) is -3.66. The molecular formula is C32H33FN4O3S. The van der Waals surface area contributed by atoms with Crippen molar-refractivity contribution in [1.82, 2.24) is 19.1 Å². The maximum atomic E-state index is 13.8. The smallest absolute Gasteiger partial charge is 0.218 e. The summed E-state index contributed by atoms with van der Waals surface area (Å²) in [6.45, 7) is 2.91. The Morgan fingerprint density at radius 1 is 1.10 bits per heavy atom. The highest BCUT2D eigenvalue weighted by molar-refractivity contribution is 7.88. The van der Waals surface area contributed by atoms with Gasteiger partial charge in [-0.1, -0.05) is 36.8 Å². The summed E-state index contributed by atoms with van der Waals surface area (Å²) in [6, 6.07) is 16.9. The SMILES string of the molecule is C[C@]12Cc3cnn(-c4ccc(F)cc4)c3C=C1CC[C@@H]2CN(CCc1ccccc1O)S(=O)(=O)Cc1cccnc1. The minimum atomic E-state index is -3.66. The van der Waals surface area contributed by atoms with Crippen molar-refractivity contribution in [2.24, 2.45) is 11.3 Å². The van der Waals surface area contributed by atoms with Crippen LogP contribution in [0.15, 0.2) is 84.8 Å². The number of aromatic hydroxyl groups is 1. The normalized spacial score (nSPS) is 20.1. The number of para-hydroxylation sites is 1. The van der Waals surface area contributed by atoms with Crippen molar-refractivity contribution in [1.29, 1.82) is 0 Å². The highest BCUT2D eigenvalue weighted by Gasteiger charge is 2.47. The third kappa shape index (κ3) is 5.44. The van der Waals surface area contributed by atoms with E-state index in [1.165, 1.54) is 17.7 Å². The van der Waals surface area contributed by atoms with E-state index < -0.39 is 10.0 Å². The Morgan fingerprint density at radius 2 is 1.90 bits per heavy atom. The molecule has 2 atom stereocenters. The lowest BCUT2D eigenvalue weighted by Gasteiger charge is -2.38. The molecule has 4 aromatic rings. The number of aromatic nitrogens is 3. The van der Waals surface area contributed by atoms with Crippen molar-refractivity contribution >= 4 is 16.1 Å². The number of pyridine rings is 1. The molecule has 2 aliphatic rings. The molecule has 0 spiro atoms. The molecule has 2 aliphatic carbocycles. The van der Waals surface area contributed by atoms with Gasteiger partial charge < -0.3 is 5.11 Å². The maximum Gasteiger partial charge on any atom is 0.218 e. The molecule has 6 rings (SSSR count). The van der Waals surface area contributed by atoms with E-state index in [1.54, 1.807) is 53.1 Å². The Labute approximate surface area is 240 Å². The van der Waals surface area contributed by atoms with Crippen LogP contribution in [0.2, 0.25) is 0 Å². The van der Waals surface area contributed by atoms with E-state index in [9.17, 15) is 17.9 Å².